The van der Waals surface area contributed by atoms with Gasteiger partial charge in [0.25, 0.3) is 5.91 Å². The van der Waals surface area contributed by atoms with E-state index in [0.29, 0.717) is 0 Å². The van der Waals surface area contributed by atoms with Crippen LogP contribution in [0, 0.1) is 5.82 Å². The van der Waals surface area contributed by atoms with E-state index in [4.69, 9.17) is 0 Å². The van der Waals surface area contributed by atoms with Crippen molar-refractivity contribution >= 4 is 17.7 Å². The molecular formula is C20H21F4N7O2. The van der Waals surface area contributed by atoms with E-state index in [1.165, 1.54) is 25.2 Å². The van der Waals surface area contributed by atoms with Crippen molar-refractivity contribution in [2.75, 3.05) is 5.32 Å². The van der Waals surface area contributed by atoms with E-state index in [1.54, 1.807) is 20.8 Å². The molecule has 0 aliphatic carbocycles. The Morgan fingerprint density at radius 2 is 1.91 bits per heavy atom. The number of aromatic nitrogens is 4. The molecule has 1 aromatic carbocycles. The first-order valence-electron chi connectivity index (χ1n) is 9.56. The summed E-state index contributed by atoms with van der Waals surface area (Å²) >= 11 is 0. The predicted molar refractivity (Wildman–Crippen MR) is 112 cm³/mol. The number of phenolic OH excluding ortho intramolecular Hbond substituents is 1. The third-order valence-electron chi connectivity index (χ3n) is 4.09. The zero-order valence-electron chi connectivity index (χ0n) is 18.0. The van der Waals surface area contributed by atoms with Crippen LogP contribution in [0.3, 0.4) is 0 Å². The Kier molecular flexibility index (Phi) is 6.16. The Labute approximate surface area is 185 Å². The highest BCUT2D eigenvalue weighted by Crippen LogP contribution is 2.30. The van der Waals surface area contributed by atoms with Gasteiger partial charge < -0.3 is 10.4 Å². The molecule has 9 nitrogen and oxygen atoms in total. The number of anilines is 1. The first-order valence-corrected chi connectivity index (χ1v) is 9.56. The zero-order chi connectivity index (χ0) is 24.6. The average Bonchev–Trinajstić information content (AvgIpc) is 3.26. The number of aryl methyl sites for hydroxylation is 1. The number of nitrogens with zero attached hydrogens (tertiary/aromatic N) is 4. The molecule has 0 aliphatic heterocycles. The molecule has 0 radical (unpaired) electrons. The number of hydrogen-bond donors (Lipinski definition) is 4. The minimum absolute atomic E-state index is 0.114. The number of guanidine groups is 1. The molecule has 176 valence electrons. The maximum absolute atomic E-state index is 14.1. The summed E-state index contributed by atoms with van der Waals surface area (Å²) < 4.78 is 54.7. The van der Waals surface area contributed by atoms with Gasteiger partial charge in [0, 0.05) is 30.9 Å². The number of H-pyrrole nitrogens is 1. The van der Waals surface area contributed by atoms with Crippen LogP contribution >= 0.6 is 0 Å². The van der Waals surface area contributed by atoms with Crippen LogP contribution in [0.2, 0.25) is 0 Å². The van der Waals surface area contributed by atoms with Crippen molar-refractivity contribution in [3.05, 3.63) is 47.5 Å². The molecule has 3 rings (SSSR count). The molecule has 0 saturated heterocycles. The van der Waals surface area contributed by atoms with E-state index >= 15 is 0 Å². The molecule has 0 spiro atoms. The summed E-state index contributed by atoms with van der Waals surface area (Å²) in [5, 5.41) is 24.3. The second kappa shape index (κ2) is 8.56. The summed E-state index contributed by atoms with van der Waals surface area (Å²) in [6.45, 7) is 5.15. The van der Waals surface area contributed by atoms with Gasteiger partial charge in [-0.1, -0.05) is 0 Å². The molecule has 33 heavy (non-hydrogen) atoms. The lowest BCUT2D eigenvalue weighted by Crippen LogP contribution is -2.38. The molecule has 2 heterocycles. The highest BCUT2D eigenvalue weighted by molar-refractivity contribution is 6.10. The third-order valence-corrected chi connectivity index (χ3v) is 4.09. The van der Waals surface area contributed by atoms with Gasteiger partial charge in [-0.25, -0.2) is 9.38 Å². The van der Waals surface area contributed by atoms with Crippen LogP contribution in [0.25, 0.3) is 11.3 Å². The van der Waals surface area contributed by atoms with Gasteiger partial charge in [0.1, 0.15) is 11.6 Å². The fourth-order valence-electron chi connectivity index (χ4n) is 2.83. The van der Waals surface area contributed by atoms with Gasteiger partial charge in [0.05, 0.1) is 16.8 Å². The van der Waals surface area contributed by atoms with E-state index < -0.39 is 34.7 Å². The molecule has 0 bridgehead atoms. The van der Waals surface area contributed by atoms with Gasteiger partial charge in [-0.3, -0.25) is 19.9 Å². The summed E-state index contributed by atoms with van der Waals surface area (Å²) in [7, 11) is 1.27. The molecule has 0 saturated carbocycles. The van der Waals surface area contributed by atoms with Gasteiger partial charge in [-0.2, -0.15) is 23.4 Å². The van der Waals surface area contributed by atoms with E-state index in [2.05, 4.69) is 30.9 Å². The highest BCUT2D eigenvalue weighted by atomic mass is 19.4. The van der Waals surface area contributed by atoms with Crippen LogP contribution in [-0.4, -0.2) is 42.5 Å². The number of benzene rings is 1. The van der Waals surface area contributed by atoms with Gasteiger partial charge in [0.15, 0.2) is 11.5 Å². The minimum atomic E-state index is -4.83. The largest absolute Gasteiger partial charge is 0.508 e. The maximum Gasteiger partial charge on any atom is 0.435 e. The van der Waals surface area contributed by atoms with Crippen molar-refractivity contribution in [1.82, 2.24) is 25.3 Å². The molecule has 0 fully saturated rings. The first-order chi connectivity index (χ1) is 15.2. The molecule has 4 N–H and O–H groups in total. The van der Waals surface area contributed by atoms with Crippen LogP contribution in [0.15, 0.2) is 35.5 Å². The van der Waals surface area contributed by atoms with Gasteiger partial charge in [0.2, 0.25) is 5.96 Å². The lowest BCUT2D eigenvalue weighted by molar-refractivity contribution is -0.141. The zero-order valence-corrected chi connectivity index (χ0v) is 18.0. The summed E-state index contributed by atoms with van der Waals surface area (Å²) in [6.07, 6.45) is -3.87. The SMILES string of the molecule is Cn1cc(C(=O)NC(=NC(C)(C)C)Nc2cc(-c3ccc(O)cc3F)[nH]n2)c(C(F)(F)F)n1. The monoisotopic (exact) mass is 467 g/mol. The molecule has 2 aromatic heterocycles. The Morgan fingerprint density at radius 3 is 2.52 bits per heavy atom. The number of carbonyl (C=O) groups is 1. The molecule has 13 heteroatoms. The van der Waals surface area contributed by atoms with Crippen LogP contribution in [-0.2, 0) is 13.2 Å². The van der Waals surface area contributed by atoms with E-state index in [9.17, 15) is 27.5 Å². The Morgan fingerprint density at radius 1 is 1.21 bits per heavy atom. The summed E-state index contributed by atoms with van der Waals surface area (Å²) in [6, 6.07) is 4.98. The average molecular weight is 467 g/mol. The predicted octanol–water partition coefficient (Wildman–Crippen LogP) is 3.67. The van der Waals surface area contributed by atoms with Gasteiger partial charge in [-0.15, -0.1) is 0 Å². The second-order valence-electron chi connectivity index (χ2n) is 8.10. The number of alkyl halides is 3. The molecule has 1 amide bonds. The lowest BCUT2D eigenvalue weighted by Gasteiger charge is -2.17. The molecule has 0 unspecified atom stereocenters. The normalized spacial score (nSPS) is 12.7. The Hall–Kier alpha value is -3.90. The quantitative estimate of drug-likeness (QED) is 0.266. The number of amides is 1. The van der Waals surface area contributed by atoms with Crippen LogP contribution in [0.5, 0.6) is 5.75 Å². The molecule has 0 atom stereocenters. The van der Waals surface area contributed by atoms with Crippen molar-refractivity contribution in [3.8, 4) is 17.0 Å². The third kappa shape index (κ3) is 5.87. The minimum Gasteiger partial charge on any atom is -0.508 e. The summed E-state index contributed by atoms with van der Waals surface area (Å²) in [4.78, 5) is 16.9. The number of nitrogens with one attached hydrogen (secondary N) is 3. The van der Waals surface area contributed by atoms with E-state index in [0.717, 1.165) is 16.9 Å². The molecule has 0 aliphatic rings. The van der Waals surface area contributed by atoms with Crippen LogP contribution in [0.4, 0.5) is 23.4 Å². The fourth-order valence-corrected chi connectivity index (χ4v) is 2.83. The smallest absolute Gasteiger partial charge is 0.435 e. The van der Waals surface area contributed by atoms with E-state index in [-0.39, 0.29) is 28.8 Å². The van der Waals surface area contributed by atoms with Crippen molar-refractivity contribution in [2.45, 2.75) is 32.5 Å². The number of aromatic amines is 1. The topological polar surface area (TPSA) is 120 Å². The lowest BCUT2D eigenvalue weighted by atomic mass is 10.1. The summed E-state index contributed by atoms with van der Waals surface area (Å²) in [5.74, 6) is -2.08. The number of aromatic hydroxyl groups is 1. The van der Waals surface area contributed by atoms with Gasteiger partial charge in [-0.05, 0) is 32.9 Å². The first kappa shape index (κ1) is 23.8. The number of halogens is 4. The second-order valence-corrected chi connectivity index (χ2v) is 8.10. The van der Waals surface area contributed by atoms with Crippen molar-refractivity contribution in [1.29, 1.82) is 0 Å². The summed E-state index contributed by atoms with van der Waals surface area (Å²) in [5.41, 5.74) is -2.36. The Bertz CT molecular complexity index is 1210. The number of hydrogen-bond acceptors (Lipinski definition) is 5. The van der Waals surface area contributed by atoms with Crippen LogP contribution in [0.1, 0.15) is 36.8 Å². The number of carbonyl (C=O) groups excluding carboxylic acids is 1. The number of phenols is 1. The Balaban J connectivity index is 1.88. The van der Waals surface area contributed by atoms with Crippen molar-refractivity contribution in [3.63, 3.8) is 0 Å². The standard InChI is InChI=1S/C20H21F4N7O2/c1-19(2,3)27-18(26-17(33)12-9-31(4)30-16(12)20(22,23)24)25-15-8-14(28-29-15)11-6-5-10(32)7-13(11)21/h5-9,32H,1-4H3,(H3,25,26,27,28,29,33). The molecule has 3 aromatic rings. The van der Waals surface area contributed by atoms with Crippen LogP contribution < -0.4 is 10.6 Å². The highest BCUT2D eigenvalue weighted by Gasteiger charge is 2.39. The van der Waals surface area contributed by atoms with E-state index in [1.807, 2.05) is 0 Å². The fraction of sp³-hybridized carbons (Fsp3) is 0.300. The maximum atomic E-state index is 14.1. The number of aliphatic imine (C=N–C) groups is 1. The van der Waals surface area contributed by atoms with Crippen molar-refractivity contribution < 1.29 is 27.5 Å². The number of rotatable bonds is 3. The van der Waals surface area contributed by atoms with Gasteiger partial charge >= 0.3 is 6.18 Å². The van der Waals surface area contributed by atoms with Crippen molar-refractivity contribution in [2.24, 2.45) is 12.0 Å². The molecular weight excluding hydrogens is 446 g/mol.